The first-order valence-corrected chi connectivity index (χ1v) is 7.45. The molecule has 112 valence electrons. The van der Waals surface area contributed by atoms with Gasteiger partial charge in [0.2, 0.25) is 0 Å². The van der Waals surface area contributed by atoms with E-state index in [1.54, 1.807) is 6.07 Å². The SMILES string of the molecule is Cc1c(F)cccc1[C@@H](CC1CC1)N1CCNCC1.Cl. The lowest BCUT2D eigenvalue weighted by Gasteiger charge is -2.36. The highest BCUT2D eigenvalue weighted by Crippen LogP contribution is 2.41. The van der Waals surface area contributed by atoms with Gasteiger partial charge in [-0.3, -0.25) is 4.90 Å². The van der Waals surface area contributed by atoms with Crippen LogP contribution < -0.4 is 5.32 Å². The minimum atomic E-state index is -0.0616. The van der Waals surface area contributed by atoms with Crippen molar-refractivity contribution in [1.29, 1.82) is 0 Å². The Morgan fingerprint density at radius 3 is 2.65 bits per heavy atom. The Balaban J connectivity index is 0.00000147. The van der Waals surface area contributed by atoms with Crippen molar-refractivity contribution in [2.45, 2.75) is 32.2 Å². The number of benzene rings is 1. The van der Waals surface area contributed by atoms with Gasteiger partial charge in [-0.25, -0.2) is 4.39 Å². The van der Waals surface area contributed by atoms with Gasteiger partial charge in [-0.05, 0) is 36.5 Å². The van der Waals surface area contributed by atoms with Crippen LogP contribution in [0, 0.1) is 18.7 Å². The van der Waals surface area contributed by atoms with Gasteiger partial charge in [0.1, 0.15) is 5.82 Å². The van der Waals surface area contributed by atoms with E-state index >= 15 is 0 Å². The minimum Gasteiger partial charge on any atom is -0.314 e. The summed E-state index contributed by atoms with van der Waals surface area (Å²) < 4.78 is 13.8. The molecule has 2 nitrogen and oxygen atoms in total. The van der Waals surface area contributed by atoms with Crippen LogP contribution in [0.3, 0.4) is 0 Å². The smallest absolute Gasteiger partial charge is 0.126 e. The minimum absolute atomic E-state index is 0. The number of rotatable bonds is 4. The second kappa shape index (κ2) is 6.88. The zero-order chi connectivity index (χ0) is 13.2. The number of halogens is 2. The molecule has 1 atom stereocenters. The molecule has 1 aromatic rings. The summed E-state index contributed by atoms with van der Waals surface area (Å²) in [6, 6.07) is 5.96. The largest absolute Gasteiger partial charge is 0.314 e. The molecular weight excluding hydrogens is 275 g/mol. The highest BCUT2D eigenvalue weighted by molar-refractivity contribution is 5.85. The number of hydrogen-bond donors (Lipinski definition) is 1. The molecule has 2 fully saturated rings. The van der Waals surface area contributed by atoms with Crippen molar-refractivity contribution in [2.24, 2.45) is 5.92 Å². The van der Waals surface area contributed by atoms with Crippen LogP contribution >= 0.6 is 12.4 Å². The monoisotopic (exact) mass is 298 g/mol. The molecule has 1 heterocycles. The van der Waals surface area contributed by atoms with Gasteiger partial charge < -0.3 is 5.32 Å². The van der Waals surface area contributed by atoms with Gasteiger partial charge in [-0.1, -0.05) is 25.0 Å². The van der Waals surface area contributed by atoms with Crippen LogP contribution in [0.15, 0.2) is 18.2 Å². The van der Waals surface area contributed by atoms with Gasteiger partial charge in [-0.2, -0.15) is 0 Å². The van der Waals surface area contributed by atoms with Crippen LogP contribution in [0.1, 0.15) is 36.4 Å². The number of piperazine rings is 1. The normalized spacial score (nSPS) is 21.3. The molecule has 0 aromatic heterocycles. The standard InChI is InChI=1S/C16H23FN2.ClH/c1-12-14(3-2-4-15(12)17)16(11-13-5-6-13)19-9-7-18-8-10-19;/h2-4,13,16,18H,5-11H2,1H3;1H/t16-;/m1./s1. The van der Waals surface area contributed by atoms with Crippen molar-refractivity contribution < 1.29 is 4.39 Å². The molecule has 0 bridgehead atoms. The van der Waals surface area contributed by atoms with Crippen LogP contribution in [0.4, 0.5) is 4.39 Å². The quantitative estimate of drug-likeness (QED) is 0.917. The van der Waals surface area contributed by atoms with Crippen molar-refractivity contribution in [3.63, 3.8) is 0 Å². The van der Waals surface area contributed by atoms with Gasteiger partial charge >= 0.3 is 0 Å². The van der Waals surface area contributed by atoms with Crippen molar-refractivity contribution >= 4 is 12.4 Å². The Morgan fingerprint density at radius 2 is 2.00 bits per heavy atom. The average molecular weight is 299 g/mol. The third-order valence-corrected chi connectivity index (χ3v) is 4.51. The van der Waals surface area contributed by atoms with Crippen molar-refractivity contribution in [1.82, 2.24) is 10.2 Å². The van der Waals surface area contributed by atoms with Crippen LogP contribution in [-0.4, -0.2) is 31.1 Å². The predicted molar refractivity (Wildman–Crippen MR) is 82.9 cm³/mol. The zero-order valence-electron chi connectivity index (χ0n) is 12.1. The van der Waals surface area contributed by atoms with Gasteiger partial charge in [0.05, 0.1) is 0 Å². The molecular formula is C16H24ClFN2. The molecule has 1 aliphatic heterocycles. The fraction of sp³-hybridized carbons (Fsp3) is 0.625. The van der Waals surface area contributed by atoms with Gasteiger partial charge in [0, 0.05) is 32.2 Å². The molecule has 2 aliphatic rings. The summed E-state index contributed by atoms with van der Waals surface area (Å²) in [7, 11) is 0. The predicted octanol–water partition coefficient (Wildman–Crippen LogP) is 3.30. The van der Waals surface area contributed by atoms with E-state index in [0.717, 1.165) is 37.7 Å². The molecule has 1 aromatic carbocycles. The number of hydrogen-bond acceptors (Lipinski definition) is 2. The molecule has 0 radical (unpaired) electrons. The van der Waals surface area contributed by atoms with Crippen LogP contribution in [0.5, 0.6) is 0 Å². The summed E-state index contributed by atoms with van der Waals surface area (Å²) in [6.45, 7) is 6.18. The van der Waals surface area contributed by atoms with Crippen LogP contribution in [0.25, 0.3) is 0 Å². The average Bonchev–Trinajstić information content (AvgIpc) is 3.25. The van der Waals surface area contributed by atoms with E-state index in [4.69, 9.17) is 0 Å². The van der Waals surface area contributed by atoms with Gasteiger partial charge in [-0.15, -0.1) is 12.4 Å². The maximum absolute atomic E-state index is 13.8. The zero-order valence-corrected chi connectivity index (χ0v) is 12.9. The van der Waals surface area contributed by atoms with Crippen LogP contribution in [-0.2, 0) is 0 Å². The molecule has 1 N–H and O–H groups in total. The first-order valence-electron chi connectivity index (χ1n) is 7.45. The van der Waals surface area contributed by atoms with Gasteiger partial charge in [0.15, 0.2) is 0 Å². The van der Waals surface area contributed by atoms with Crippen molar-refractivity contribution in [2.75, 3.05) is 26.2 Å². The molecule has 3 rings (SSSR count). The fourth-order valence-electron chi connectivity index (χ4n) is 3.12. The molecule has 1 saturated carbocycles. The topological polar surface area (TPSA) is 15.3 Å². The summed E-state index contributed by atoms with van der Waals surface area (Å²) >= 11 is 0. The summed E-state index contributed by atoms with van der Waals surface area (Å²) in [5, 5.41) is 3.40. The molecule has 0 spiro atoms. The van der Waals surface area contributed by atoms with E-state index in [-0.39, 0.29) is 18.2 Å². The Bertz CT molecular complexity index is 442. The fourth-order valence-corrected chi connectivity index (χ4v) is 3.12. The maximum atomic E-state index is 13.8. The summed E-state index contributed by atoms with van der Waals surface area (Å²) in [4.78, 5) is 2.54. The lowest BCUT2D eigenvalue weighted by atomic mass is 9.94. The van der Waals surface area contributed by atoms with Crippen molar-refractivity contribution in [3.8, 4) is 0 Å². The van der Waals surface area contributed by atoms with E-state index < -0.39 is 0 Å². The van der Waals surface area contributed by atoms with Crippen LogP contribution in [0.2, 0.25) is 0 Å². The first-order chi connectivity index (χ1) is 9.25. The van der Waals surface area contributed by atoms with E-state index in [9.17, 15) is 4.39 Å². The Hall–Kier alpha value is -0.640. The van der Waals surface area contributed by atoms with Gasteiger partial charge in [0.25, 0.3) is 0 Å². The highest BCUT2D eigenvalue weighted by Gasteiger charge is 2.31. The second-order valence-electron chi connectivity index (χ2n) is 5.93. The first kappa shape index (κ1) is 15.7. The Morgan fingerprint density at radius 1 is 1.30 bits per heavy atom. The van der Waals surface area contributed by atoms with E-state index in [2.05, 4.69) is 16.3 Å². The van der Waals surface area contributed by atoms with E-state index in [0.29, 0.717) is 6.04 Å². The van der Waals surface area contributed by atoms with Crippen molar-refractivity contribution in [3.05, 3.63) is 35.1 Å². The third-order valence-electron chi connectivity index (χ3n) is 4.51. The number of nitrogens with one attached hydrogen (secondary N) is 1. The maximum Gasteiger partial charge on any atom is 0.126 e. The number of nitrogens with zero attached hydrogens (tertiary/aromatic N) is 1. The second-order valence-corrected chi connectivity index (χ2v) is 5.93. The summed E-state index contributed by atoms with van der Waals surface area (Å²) in [5.41, 5.74) is 2.04. The molecule has 1 saturated heterocycles. The highest BCUT2D eigenvalue weighted by atomic mass is 35.5. The molecule has 4 heteroatoms. The lowest BCUT2D eigenvalue weighted by Crippen LogP contribution is -2.45. The summed E-state index contributed by atoms with van der Waals surface area (Å²) in [6.07, 6.45) is 3.91. The van der Waals surface area contributed by atoms with E-state index in [1.165, 1.54) is 24.8 Å². The lowest BCUT2D eigenvalue weighted by molar-refractivity contribution is 0.159. The third kappa shape index (κ3) is 3.51. The summed E-state index contributed by atoms with van der Waals surface area (Å²) in [5.74, 6) is 0.802. The molecule has 0 unspecified atom stereocenters. The molecule has 1 aliphatic carbocycles. The molecule has 0 amide bonds. The Kier molecular flexibility index (Phi) is 5.42. The van der Waals surface area contributed by atoms with E-state index in [1.807, 2.05) is 13.0 Å². The molecule has 20 heavy (non-hydrogen) atoms. The Labute approximate surface area is 127 Å².